The van der Waals surface area contributed by atoms with E-state index < -0.39 is 0 Å². The zero-order valence-electron chi connectivity index (χ0n) is 11.4. The van der Waals surface area contributed by atoms with Crippen molar-refractivity contribution in [3.05, 3.63) is 35.9 Å². The highest BCUT2D eigenvalue weighted by Crippen LogP contribution is 2.45. The van der Waals surface area contributed by atoms with Crippen molar-refractivity contribution in [2.75, 3.05) is 13.1 Å². The first-order valence-electron chi connectivity index (χ1n) is 7.47. The summed E-state index contributed by atoms with van der Waals surface area (Å²) < 4.78 is 0. The number of fused-ring (bicyclic) bond motifs is 2. The molecule has 0 amide bonds. The molecule has 2 bridgehead atoms. The minimum atomic E-state index is 0.264. The van der Waals surface area contributed by atoms with Crippen LogP contribution in [0.25, 0.3) is 0 Å². The largest absolute Gasteiger partial charge is 0.411 e. The first-order valence-corrected chi connectivity index (χ1v) is 7.47. The van der Waals surface area contributed by atoms with E-state index in [0.717, 1.165) is 24.6 Å². The van der Waals surface area contributed by atoms with Gasteiger partial charge in [0, 0.05) is 18.0 Å². The van der Waals surface area contributed by atoms with Crippen molar-refractivity contribution in [3.63, 3.8) is 0 Å². The minimum absolute atomic E-state index is 0.264. The van der Waals surface area contributed by atoms with Gasteiger partial charge in [0.05, 0.1) is 18.3 Å². The van der Waals surface area contributed by atoms with E-state index in [4.69, 9.17) is 4.99 Å². The number of oxime groups is 1. The zero-order valence-corrected chi connectivity index (χ0v) is 11.4. The molecule has 1 aromatic carbocycles. The van der Waals surface area contributed by atoms with Gasteiger partial charge in [0.25, 0.3) is 0 Å². The molecule has 0 radical (unpaired) electrons. The van der Waals surface area contributed by atoms with Crippen LogP contribution in [0.15, 0.2) is 40.5 Å². The third kappa shape index (κ3) is 1.67. The summed E-state index contributed by atoms with van der Waals surface area (Å²) in [5, 5.41) is 13.0. The highest BCUT2D eigenvalue weighted by atomic mass is 16.4. The Morgan fingerprint density at radius 2 is 2.05 bits per heavy atom. The van der Waals surface area contributed by atoms with E-state index in [1.807, 2.05) is 6.07 Å². The van der Waals surface area contributed by atoms with Gasteiger partial charge in [0.1, 0.15) is 5.84 Å². The SMILES string of the molecule is O/N=C1\[C@H]2CC[C@H](C2)[C@@H]1N1CCN=C1c1ccccc1. The number of amidine groups is 1. The predicted octanol–water partition coefficient (Wildman–Crippen LogP) is 2.38. The van der Waals surface area contributed by atoms with Crippen molar-refractivity contribution in [2.45, 2.75) is 25.3 Å². The molecular formula is C16H19N3O. The van der Waals surface area contributed by atoms with Crippen molar-refractivity contribution in [1.82, 2.24) is 4.90 Å². The maximum absolute atomic E-state index is 9.40. The Hall–Kier alpha value is -1.84. The second kappa shape index (κ2) is 4.62. The molecule has 2 saturated carbocycles. The van der Waals surface area contributed by atoms with Crippen LogP contribution in [0.5, 0.6) is 0 Å². The number of aliphatic imine (C=N–C) groups is 1. The van der Waals surface area contributed by atoms with Gasteiger partial charge < -0.3 is 10.1 Å². The van der Waals surface area contributed by atoms with E-state index in [-0.39, 0.29) is 6.04 Å². The molecule has 3 atom stereocenters. The zero-order chi connectivity index (χ0) is 13.5. The van der Waals surface area contributed by atoms with Crippen molar-refractivity contribution >= 4 is 11.5 Å². The Balaban J connectivity index is 1.67. The Morgan fingerprint density at radius 1 is 1.20 bits per heavy atom. The number of benzene rings is 1. The van der Waals surface area contributed by atoms with E-state index in [0.29, 0.717) is 11.8 Å². The maximum Gasteiger partial charge on any atom is 0.131 e. The molecule has 20 heavy (non-hydrogen) atoms. The minimum Gasteiger partial charge on any atom is -0.411 e. The molecule has 2 fully saturated rings. The molecule has 1 aliphatic heterocycles. The van der Waals surface area contributed by atoms with E-state index in [1.54, 1.807) is 0 Å². The summed E-state index contributed by atoms with van der Waals surface area (Å²) in [6, 6.07) is 10.6. The molecule has 4 rings (SSSR count). The van der Waals surface area contributed by atoms with Gasteiger partial charge in [-0.05, 0) is 25.2 Å². The van der Waals surface area contributed by atoms with Crippen LogP contribution in [0, 0.1) is 11.8 Å². The van der Waals surface area contributed by atoms with E-state index >= 15 is 0 Å². The number of nitrogens with zero attached hydrogens (tertiary/aromatic N) is 3. The lowest BCUT2D eigenvalue weighted by molar-refractivity contribution is 0.286. The average Bonchev–Trinajstić information content (AvgIpc) is 3.22. The molecule has 3 aliphatic rings. The molecular weight excluding hydrogens is 250 g/mol. The van der Waals surface area contributed by atoms with Crippen LogP contribution in [0.3, 0.4) is 0 Å². The van der Waals surface area contributed by atoms with Crippen LogP contribution < -0.4 is 0 Å². The normalized spacial score (nSPS) is 34.0. The van der Waals surface area contributed by atoms with Crippen LogP contribution in [0.4, 0.5) is 0 Å². The monoisotopic (exact) mass is 269 g/mol. The van der Waals surface area contributed by atoms with E-state index in [1.165, 1.54) is 24.8 Å². The van der Waals surface area contributed by atoms with Crippen molar-refractivity contribution in [1.29, 1.82) is 0 Å². The van der Waals surface area contributed by atoms with Gasteiger partial charge in [0.2, 0.25) is 0 Å². The summed E-state index contributed by atoms with van der Waals surface area (Å²) in [5.41, 5.74) is 2.16. The fraction of sp³-hybridized carbons (Fsp3) is 0.500. The summed E-state index contributed by atoms with van der Waals surface area (Å²) in [4.78, 5) is 7.06. The smallest absolute Gasteiger partial charge is 0.131 e. The van der Waals surface area contributed by atoms with Gasteiger partial charge in [0.15, 0.2) is 0 Å². The molecule has 0 aromatic heterocycles. The maximum atomic E-state index is 9.40. The predicted molar refractivity (Wildman–Crippen MR) is 78.4 cm³/mol. The Morgan fingerprint density at radius 3 is 2.85 bits per heavy atom. The molecule has 1 heterocycles. The van der Waals surface area contributed by atoms with Gasteiger partial charge in [-0.1, -0.05) is 35.5 Å². The molecule has 4 heteroatoms. The summed E-state index contributed by atoms with van der Waals surface area (Å²) in [7, 11) is 0. The average molecular weight is 269 g/mol. The molecule has 1 aromatic rings. The highest BCUT2D eigenvalue weighted by molar-refractivity contribution is 6.04. The summed E-state index contributed by atoms with van der Waals surface area (Å²) in [5.74, 6) is 2.20. The molecule has 0 spiro atoms. The molecule has 2 aliphatic carbocycles. The van der Waals surface area contributed by atoms with E-state index in [9.17, 15) is 5.21 Å². The first-order chi connectivity index (χ1) is 9.88. The number of rotatable bonds is 2. The topological polar surface area (TPSA) is 48.2 Å². The standard InChI is InChI=1S/C16H19N3O/c20-18-14-12-6-7-13(10-12)15(14)19-9-8-17-16(19)11-4-2-1-3-5-11/h1-5,12-13,15,20H,6-10H2/b18-14+/t12-,13+,15-/m0/s1. The van der Waals surface area contributed by atoms with Gasteiger partial charge in [-0.25, -0.2) is 0 Å². The van der Waals surface area contributed by atoms with Crippen LogP contribution >= 0.6 is 0 Å². The van der Waals surface area contributed by atoms with E-state index in [2.05, 4.69) is 34.3 Å². The van der Waals surface area contributed by atoms with Crippen molar-refractivity contribution < 1.29 is 5.21 Å². The molecule has 4 nitrogen and oxygen atoms in total. The molecule has 0 saturated heterocycles. The molecule has 0 unspecified atom stereocenters. The Bertz CT molecular complexity index is 566. The lowest BCUT2D eigenvalue weighted by Gasteiger charge is -2.34. The number of hydrogen-bond donors (Lipinski definition) is 1. The summed E-state index contributed by atoms with van der Waals surface area (Å²) >= 11 is 0. The Kier molecular flexibility index (Phi) is 2.76. The highest BCUT2D eigenvalue weighted by Gasteiger charge is 2.49. The second-order valence-electron chi connectivity index (χ2n) is 6.00. The lowest BCUT2D eigenvalue weighted by Crippen LogP contribution is -2.47. The van der Waals surface area contributed by atoms with Crippen molar-refractivity contribution in [3.8, 4) is 0 Å². The van der Waals surface area contributed by atoms with Gasteiger partial charge in [-0.2, -0.15) is 0 Å². The van der Waals surface area contributed by atoms with Gasteiger partial charge in [-0.15, -0.1) is 0 Å². The van der Waals surface area contributed by atoms with Crippen LogP contribution in [0.2, 0.25) is 0 Å². The second-order valence-corrected chi connectivity index (χ2v) is 6.00. The fourth-order valence-electron chi connectivity index (χ4n) is 4.19. The molecule has 1 N–H and O–H groups in total. The van der Waals surface area contributed by atoms with Gasteiger partial charge >= 0.3 is 0 Å². The van der Waals surface area contributed by atoms with Gasteiger partial charge in [-0.3, -0.25) is 4.99 Å². The third-order valence-corrected chi connectivity index (χ3v) is 5.00. The third-order valence-electron chi connectivity index (χ3n) is 5.00. The fourth-order valence-corrected chi connectivity index (χ4v) is 4.19. The quantitative estimate of drug-likeness (QED) is 0.662. The Labute approximate surface area is 118 Å². The van der Waals surface area contributed by atoms with Crippen LogP contribution in [-0.2, 0) is 0 Å². The van der Waals surface area contributed by atoms with Crippen molar-refractivity contribution in [2.24, 2.45) is 22.0 Å². The van der Waals surface area contributed by atoms with Crippen LogP contribution in [-0.4, -0.2) is 40.8 Å². The molecule has 104 valence electrons. The summed E-state index contributed by atoms with van der Waals surface area (Å²) in [6.45, 7) is 1.79. The number of hydrogen-bond acceptors (Lipinski definition) is 4. The van der Waals surface area contributed by atoms with Crippen LogP contribution in [0.1, 0.15) is 24.8 Å². The lowest BCUT2D eigenvalue weighted by atomic mass is 9.91. The first kappa shape index (κ1) is 11.9. The summed E-state index contributed by atoms with van der Waals surface area (Å²) in [6.07, 6.45) is 3.63.